The summed E-state index contributed by atoms with van der Waals surface area (Å²) >= 11 is 6.46. The average molecular weight is 416 g/mol. The zero-order valence-electron chi connectivity index (χ0n) is 16.2. The summed E-state index contributed by atoms with van der Waals surface area (Å²) in [6.07, 6.45) is -0.565. The molecule has 29 heavy (non-hydrogen) atoms. The molecule has 1 fully saturated rings. The predicted octanol–water partition coefficient (Wildman–Crippen LogP) is 2.78. The molecule has 3 aromatic rings. The molecule has 0 amide bonds. The number of nitrogens with one attached hydrogen (secondary N) is 1. The largest absolute Gasteiger partial charge is 0.489 e. The highest BCUT2D eigenvalue weighted by atomic mass is 35.5. The summed E-state index contributed by atoms with van der Waals surface area (Å²) in [5, 5.41) is 13.0. The Morgan fingerprint density at radius 1 is 1.03 bits per heavy atom. The molecule has 1 unspecified atom stereocenters. The second-order valence-electron chi connectivity index (χ2n) is 7.48. The number of hydrogen-bond donors (Lipinski definition) is 2. The number of piperazine rings is 1. The average Bonchev–Trinajstić information content (AvgIpc) is 2.75. The van der Waals surface area contributed by atoms with Crippen LogP contribution in [0.25, 0.3) is 10.8 Å². The Morgan fingerprint density at radius 2 is 1.76 bits per heavy atom. The van der Waals surface area contributed by atoms with Crippen molar-refractivity contribution < 1.29 is 19.1 Å². The molecule has 1 saturated heterocycles. The number of aliphatic hydroxyl groups excluding tert-OH is 1. The monoisotopic (exact) mass is 415 g/mol. The van der Waals surface area contributed by atoms with Gasteiger partial charge < -0.3 is 19.6 Å². The van der Waals surface area contributed by atoms with E-state index < -0.39 is 6.10 Å². The molecular formula is C23H25ClFN2O2+. The Balaban J connectivity index is 1.27. The van der Waals surface area contributed by atoms with Crippen LogP contribution in [-0.4, -0.2) is 50.5 Å². The fraction of sp³-hybridized carbons (Fsp3) is 0.304. The highest BCUT2D eigenvalue weighted by Crippen LogP contribution is 2.32. The van der Waals surface area contributed by atoms with Gasteiger partial charge in [0.05, 0.1) is 31.2 Å². The Hall–Kier alpha value is -2.34. The molecule has 0 bridgehead atoms. The third kappa shape index (κ3) is 4.81. The zero-order valence-corrected chi connectivity index (χ0v) is 16.9. The van der Waals surface area contributed by atoms with Gasteiger partial charge in [-0.15, -0.1) is 0 Å². The van der Waals surface area contributed by atoms with E-state index in [9.17, 15) is 9.50 Å². The number of aliphatic hydroxyl groups is 1. The van der Waals surface area contributed by atoms with Gasteiger partial charge in [-0.05, 0) is 35.7 Å². The van der Waals surface area contributed by atoms with E-state index in [1.165, 1.54) is 17.0 Å². The number of nitrogens with zero attached hydrogens (tertiary/aromatic N) is 1. The molecule has 1 aliphatic rings. The van der Waals surface area contributed by atoms with Crippen molar-refractivity contribution in [1.29, 1.82) is 0 Å². The van der Waals surface area contributed by atoms with Gasteiger partial charge in [0.15, 0.2) is 0 Å². The van der Waals surface area contributed by atoms with Crippen LogP contribution in [0.15, 0.2) is 60.7 Å². The molecule has 0 radical (unpaired) electrons. The van der Waals surface area contributed by atoms with E-state index >= 15 is 0 Å². The topological polar surface area (TPSA) is 37.1 Å². The van der Waals surface area contributed by atoms with E-state index in [1.54, 1.807) is 0 Å². The maximum Gasteiger partial charge on any atom is 0.138 e. The summed E-state index contributed by atoms with van der Waals surface area (Å²) in [7, 11) is 0. The fourth-order valence-electron chi connectivity index (χ4n) is 3.84. The summed E-state index contributed by atoms with van der Waals surface area (Å²) in [4.78, 5) is 3.59. The molecule has 0 saturated carbocycles. The summed E-state index contributed by atoms with van der Waals surface area (Å²) in [6.45, 7) is 4.44. The number of rotatable bonds is 6. The van der Waals surface area contributed by atoms with Crippen molar-refractivity contribution in [3.05, 3.63) is 71.5 Å². The molecule has 0 aliphatic carbocycles. The van der Waals surface area contributed by atoms with Crippen molar-refractivity contribution in [2.75, 3.05) is 44.2 Å². The summed E-state index contributed by atoms with van der Waals surface area (Å²) in [6, 6.07) is 18.3. The first-order valence-electron chi connectivity index (χ1n) is 9.92. The van der Waals surface area contributed by atoms with Crippen LogP contribution < -0.4 is 14.5 Å². The van der Waals surface area contributed by atoms with E-state index in [4.69, 9.17) is 16.3 Å². The van der Waals surface area contributed by atoms with E-state index in [0.717, 1.165) is 42.6 Å². The molecule has 6 heteroatoms. The molecule has 1 atom stereocenters. The number of ether oxygens (including phenoxy) is 1. The third-order valence-electron chi connectivity index (χ3n) is 5.45. The van der Waals surface area contributed by atoms with Crippen LogP contribution in [0.3, 0.4) is 0 Å². The van der Waals surface area contributed by atoms with Gasteiger partial charge in [-0.2, -0.15) is 0 Å². The Kier molecular flexibility index (Phi) is 6.19. The maximum atomic E-state index is 13.1. The van der Waals surface area contributed by atoms with Crippen LogP contribution in [0.4, 0.5) is 10.1 Å². The molecule has 0 spiro atoms. The molecule has 1 aliphatic heterocycles. The molecular weight excluding hydrogens is 391 g/mol. The van der Waals surface area contributed by atoms with Crippen molar-refractivity contribution in [2.45, 2.75) is 6.10 Å². The Bertz CT molecular complexity index is 959. The van der Waals surface area contributed by atoms with E-state index in [1.807, 2.05) is 48.5 Å². The van der Waals surface area contributed by atoms with Gasteiger partial charge in [0.2, 0.25) is 0 Å². The van der Waals surface area contributed by atoms with Gasteiger partial charge in [-0.1, -0.05) is 41.9 Å². The lowest BCUT2D eigenvalue weighted by Gasteiger charge is -2.34. The Labute approximate surface area is 175 Å². The minimum absolute atomic E-state index is 0.212. The first-order chi connectivity index (χ1) is 14.1. The van der Waals surface area contributed by atoms with Gasteiger partial charge in [-0.25, -0.2) is 4.39 Å². The fourth-order valence-corrected chi connectivity index (χ4v) is 4.13. The van der Waals surface area contributed by atoms with Crippen LogP contribution in [0.1, 0.15) is 0 Å². The smallest absolute Gasteiger partial charge is 0.138 e. The van der Waals surface area contributed by atoms with Gasteiger partial charge in [0.1, 0.15) is 30.8 Å². The van der Waals surface area contributed by atoms with E-state index in [-0.39, 0.29) is 12.4 Å². The quantitative estimate of drug-likeness (QED) is 0.650. The highest BCUT2D eigenvalue weighted by Gasteiger charge is 2.23. The van der Waals surface area contributed by atoms with Gasteiger partial charge in [-0.3, -0.25) is 0 Å². The van der Waals surface area contributed by atoms with Gasteiger partial charge >= 0.3 is 0 Å². The molecule has 3 aromatic carbocycles. The summed E-state index contributed by atoms with van der Waals surface area (Å²) in [5.74, 6) is 0.383. The summed E-state index contributed by atoms with van der Waals surface area (Å²) < 4.78 is 18.9. The first kappa shape index (κ1) is 20.0. The van der Waals surface area contributed by atoms with Crippen LogP contribution in [0.2, 0.25) is 5.02 Å². The third-order valence-corrected chi connectivity index (χ3v) is 5.84. The molecule has 152 valence electrons. The van der Waals surface area contributed by atoms with Gasteiger partial charge in [0, 0.05) is 11.1 Å². The Morgan fingerprint density at radius 3 is 2.52 bits per heavy atom. The lowest BCUT2D eigenvalue weighted by atomic mass is 10.1. The van der Waals surface area contributed by atoms with Crippen LogP contribution in [0.5, 0.6) is 5.75 Å². The van der Waals surface area contributed by atoms with E-state index in [2.05, 4.69) is 4.90 Å². The number of hydrogen-bond acceptors (Lipinski definition) is 3. The van der Waals surface area contributed by atoms with E-state index in [0.29, 0.717) is 17.3 Å². The molecule has 0 aromatic heterocycles. The maximum absolute atomic E-state index is 13.1. The number of anilines is 1. The lowest BCUT2D eigenvalue weighted by molar-refractivity contribution is -0.903. The lowest BCUT2D eigenvalue weighted by Crippen LogP contribution is -3.16. The zero-order chi connectivity index (χ0) is 20.2. The first-order valence-corrected chi connectivity index (χ1v) is 10.3. The van der Waals surface area contributed by atoms with Crippen molar-refractivity contribution >= 4 is 28.1 Å². The molecule has 4 nitrogen and oxygen atoms in total. The minimum atomic E-state index is -0.565. The minimum Gasteiger partial charge on any atom is -0.489 e. The SMILES string of the molecule is OC(COc1ccc2ccccc2c1Cl)C[NH+]1CCN(c2ccc(F)cc2)CC1. The second kappa shape index (κ2) is 8.99. The number of halogens is 2. The van der Waals surface area contributed by atoms with Crippen molar-refractivity contribution in [1.82, 2.24) is 0 Å². The molecule has 2 N–H and O–H groups in total. The summed E-state index contributed by atoms with van der Waals surface area (Å²) in [5.41, 5.74) is 1.04. The van der Waals surface area contributed by atoms with Crippen molar-refractivity contribution in [3.63, 3.8) is 0 Å². The number of fused-ring (bicyclic) bond motifs is 1. The van der Waals surface area contributed by atoms with Gasteiger partial charge in [0.25, 0.3) is 0 Å². The molecule has 1 heterocycles. The van der Waals surface area contributed by atoms with Crippen molar-refractivity contribution in [3.8, 4) is 5.75 Å². The van der Waals surface area contributed by atoms with Crippen LogP contribution in [0, 0.1) is 5.82 Å². The molecule has 4 rings (SSSR count). The normalized spacial score (nSPS) is 16.2. The van der Waals surface area contributed by atoms with Crippen LogP contribution in [-0.2, 0) is 0 Å². The number of benzene rings is 3. The number of quaternary nitrogens is 1. The standard InChI is InChI=1S/C23H24ClFN2O2/c24-23-21-4-2-1-3-17(21)5-10-22(23)29-16-20(28)15-26-11-13-27(14-12-26)19-8-6-18(25)7-9-19/h1-10,20,28H,11-16H2/p+1. The van der Waals surface area contributed by atoms with Crippen molar-refractivity contribution in [2.24, 2.45) is 0 Å². The predicted molar refractivity (Wildman–Crippen MR) is 115 cm³/mol. The van der Waals surface area contributed by atoms with Crippen LogP contribution >= 0.6 is 11.6 Å². The highest BCUT2D eigenvalue weighted by molar-refractivity contribution is 6.37. The second-order valence-corrected chi connectivity index (χ2v) is 7.86.